The number of aromatic nitrogens is 3. The number of benzene rings is 2. The summed E-state index contributed by atoms with van der Waals surface area (Å²) in [6.07, 6.45) is 1.78. The van der Waals surface area contributed by atoms with Gasteiger partial charge >= 0.3 is 0 Å². The number of hydrogen-bond acceptors (Lipinski definition) is 2. The van der Waals surface area contributed by atoms with Gasteiger partial charge in [-0.25, -0.2) is 14.4 Å². The summed E-state index contributed by atoms with van der Waals surface area (Å²) in [5, 5.41) is 0. The Morgan fingerprint density at radius 2 is 1.80 bits per heavy atom. The van der Waals surface area contributed by atoms with Gasteiger partial charge in [-0.15, -0.1) is 0 Å². The fourth-order valence-electron chi connectivity index (χ4n) is 3.11. The molecule has 124 valence electrons. The van der Waals surface area contributed by atoms with E-state index in [4.69, 9.17) is 4.98 Å². The molecule has 0 aliphatic carbocycles. The van der Waals surface area contributed by atoms with E-state index in [1.807, 2.05) is 41.0 Å². The molecule has 0 fully saturated rings. The Kier molecular flexibility index (Phi) is 3.80. The van der Waals surface area contributed by atoms with Gasteiger partial charge in [0.1, 0.15) is 17.5 Å². The number of imidazole rings is 1. The molecule has 2 aromatic heterocycles. The molecule has 2 aromatic carbocycles. The molecule has 0 spiro atoms. The standard InChI is InChI=1S/C21H18FN3/c1-14(2)17-9-6-12-23-21(17)25-19-11-4-3-10-18(19)24-20(25)15-7-5-8-16(22)13-15/h3-14H,1-2H3. The molecule has 0 aliphatic heterocycles. The summed E-state index contributed by atoms with van der Waals surface area (Å²) >= 11 is 0. The topological polar surface area (TPSA) is 30.7 Å². The second-order valence-electron chi connectivity index (χ2n) is 6.34. The summed E-state index contributed by atoms with van der Waals surface area (Å²) < 4.78 is 15.8. The molecular weight excluding hydrogens is 313 g/mol. The molecule has 0 saturated carbocycles. The van der Waals surface area contributed by atoms with Gasteiger partial charge in [0.05, 0.1) is 11.0 Å². The lowest BCUT2D eigenvalue weighted by molar-refractivity contribution is 0.628. The highest BCUT2D eigenvalue weighted by Gasteiger charge is 2.18. The van der Waals surface area contributed by atoms with E-state index in [9.17, 15) is 4.39 Å². The molecule has 4 aromatic rings. The maximum absolute atomic E-state index is 13.8. The van der Waals surface area contributed by atoms with Gasteiger partial charge in [-0.05, 0) is 41.8 Å². The highest BCUT2D eigenvalue weighted by molar-refractivity contribution is 5.83. The van der Waals surface area contributed by atoms with Gasteiger partial charge in [0.25, 0.3) is 0 Å². The first kappa shape index (κ1) is 15.5. The summed E-state index contributed by atoms with van der Waals surface area (Å²) in [6.45, 7) is 4.28. The molecule has 25 heavy (non-hydrogen) atoms. The molecule has 0 aliphatic rings. The molecule has 0 unspecified atom stereocenters. The van der Waals surface area contributed by atoms with Crippen molar-refractivity contribution in [3.05, 3.63) is 78.2 Å². The fourth-order valence-corrected chi connectivity index (χ4v) is 3.11. The third-order valence-corrected chi connectivity index (χ3v) is 4.29. The Morgan fingerprint density at radius 3 is 2.60 bits per heavy atom. The predicted molar refractivity (Wildman–Crippen MR) is 98.3 cm³/mol. The molecule has 4 rings (SSSR count). The highest BCUT2D eigenvalue weighted by atomic mass is 19.1. The third-order valence-electron chi connectivity index (χ3n) is 4.29. The van der Waals surface area contributed by atoms with Crippen LogP contribution in [0.25, 0.3) is 28.2 Å². The van der Waals surface area contributed by atoms with E-state index in [0.717, 1.165) is 28.0 Å². The van der Waals surface area contributed by atoms with Crippen molar-refractivity contribution in [1.29, 1.82) is 0 Å². The second-order valence-corrected chi connectivity index (χ2v) is 6.34. The Labute approximate surface area is 145 Å². The molecule has 3 nitrogen and oxygen atoms in total. The quantitative estimate of drug-likeness (QED) is 0.506. The van der Waals surface area contributed by atoms with Crippen LogP contribution in [0.5, 0.6) is 0 Å². The minimum Gasteiger partial charge on any atom is -0.276 e. The van der Waals surface area contributed by atoms with E-state index in [1.165, 1.54) is 12.1 Å². The zero-order valence-electron chi connectivity index (χ0n) is 14.1. The van der Waals surface area contributed by atoms with Crippen molar-refractivity contribution < 1.29 is 4.39 Å². The van der Waals surface area contributed by atoms with Gasteiger partial charge in [0.15, 0.2) is 0 Å². The average molecular weight is 331 g/mol. The SMILES string of the molecule is CC(C)c1cccnc1-n1c(-c2cccc(F)c2)nc2ccccc21. The van der Waals surface area contributed by atoms with Crippen molar-refractivity contribution in [2.45, 2.75) is 19.8 Å². The Bertz CT molecular complexity index is 1050. The van der Waals surface area contributed by atoms with Gasteiger partial charge in [0, 0.05) is 11.8 Å². The van der Waals surface area contributed by atoms with Gasteiger partial charge < -0.3 is 0 Å². The Balaban J connectivity index is 2.08. The maximum atomic E-state index is 13.8. The third kappa shape index (κ3) is 2.70. The molecule has 0 amide bonds. The van der Waals surface area contributed by atoms with E-state index < -0.39 is 0 Å². The van der Waals surface area contributed by atoms with Crippen LogP contribution in [0.2, 0.25) is 0 Å². The summed E-state index contributed by atoms with van der Waals surface area (Å²) in [7, 11) is 0. The van der Waals surface area contributed by atoms with E-state index in [-0.39, 0.29) is 5.82 Å². The summed E-state index contributed by atoms with van der Waals surface area (Å²) in [6, 6.07) is 18.5. The monoisotopic (exact) mass is 331 g/mol. The van der Waals surface area contributed by atoms with Crippen LogP contribution in [-0.2, 0) is 0 Å². The number of halogens is 1. The maximum Gasteiger partial charge on any atom is 0.147 e. The number of hydrogen-bond donors (Lipinski definition) is 0. The first-order valence-corrected chi connectivity index (χ1v) is 8.34. The molecule has 0 atom stereocenters. The van der Waals surface area contributed by atoms with Crippen LogP contribution in [-0.4, -0.2) is 14.5 Å². The number of fused-ring (bicyclic) bond motifs is 1. The smallest absolute Gasteiger partial charge is 0.147 e. The van der Waals surface area contributed by atoms with Gasteiger partial charge in [0.2, 0.25) is 0 Å². The van der Waals surface area contributed by atoms with Gasteiger partial charge in [-0.1, -0.05) is 44.2 Å². The molecule has 0 N–H and O–H groups in total. The van der Waals surface area contributed by atoms with E-state index in [2.05, 4.69) is 24.9 Å². The molecule has 0 bridgehead atoms. The highest BCUT2D eigenvalue weighted by Crippen LogP contribution is 2.31. The number of pyridine rings is 1. The van der Waals surface area contributed by atoms with Crippen LogP contribution in [0.4, 0.5) is 4.39 Å². The molecule has 0 saturated heterocycles. The molecule has 4 heteroatoms. The van der Waals surface area contributed by atoms with Crippen LogP contribution in [0.3, 0.4) is 0 Å². The first-order valence-electron chi connectivity index (χ1n) is 8.34. The first-order chi connectivity index (χ1) is 12.1. The summed E-state index contributed by atoms with van der Waals surface area (Å²) in [5.41, 5.74) is 3.68. The van der Waals surface area contributed by atoms with Crippen molar-refractivity contribution in [2.24, 2.45) is 0 Å². The number of rotatable bonds is 3. The molecule has 0 radical (unpaired) electrons. The van der Waals surface area contributed by atoms with Gasteiger partial charge in [-0.2, -0.15) is 0 Å². The van der Waals surface area contributed by atoms with Crippen molar-refractivity contribution in [1.82, 2.24) is 14.5 Å². The lowest BCUT2D eigenvalue weighted by atomic mass is 10.0. The van der Waals surface area contributed by atoms with Crippen molar-refractivity contribution in [2.75, 3.05) is 0 Å². The van der Waals surface area contributed by atoms with E-state index in [0.29, 0.717) is 11.7 Å². The Hall–Kier alpha value is -3.01. The number of para-hydroxylation sites is 2. The lowest BCUT2D eigenvalue weighted by Crippen LogP contribution is -2.05. The van der Waals surface area contributed by atoms with Crippen molar-refractivity contribution >= 4 is 11.0 Å². The van der Waals surface area contributed by atoms with Gasteiger partial charge in [-0.3, -0.25) is 4.57 Å². The molecular formula is C21H18FN3. The van der Waals surface area contributed by atoms with E-state index >= 15 is 0 Å². The largest absolute Gasteiger partial charge is 0.276 e. The Morgan fingerprint density at radius 1 is 0.960 bits per heavy atom. The normalized spacial score (nSPS) is 11.4. The number of nitrogens with zero attached hydrogens (tertiary/aromatic N) is 3. The molecule has 2 heterocycles. The van der Waals surface area contributed by atoms with E-state index in [1.54, 1.807) is 12.3 Å². The zero-order valence-corrected chi connectivity index (χ0v) is 14.1. The zero-order chi connectivity index (χ0) is 17.4. The summed E-state index contributed by atoms with van der Waals surface area (Å²) in [5.74, 6) is 1.57. The minimum atomic E-state index is -0.277. The predicted octanol–water partition coefficient (Wildman–Crippen LogP) is 5.35. The van der Waals surface area contributed by atoms with Crippen LogP contribution in [0.15, 0.2) is 66.9 Å². The summed E-state index contributed by atoms with van der Waals surface area (Å²) in [4.78, 5) is 9.39. The van der Waals surface area contributed by atoms with Crippen molar-refractivity contribution in [3.8, 4) is 17.2 Å². The lowest BCUT2D eigenvalue weighted by Gasteiger charge is -2.15. The van der Waals surface area contributed by atoms with Crippen LogP contribution in [0.1, 0.15) is 25.3 Å². The second kappa shape index (κ2) is 6.13. The minimum absolute atomic E-state index is 0.277. The van der Waals surface area contributed by atoms with Crippen LogP contribution in [0, 0.1) is 5.82 Å². The van der Waals surface area contributed by atoms with Crippen LogP contribution < -0.4 is 0 Å². The fraction of sp³-hybridized carbons (Fsp3) is 0.143. The van der Waals surface area contributed by atoms with Crippen molar-refractivity contribution in [3.63, 3.8) is 0 Å². The average Bonchev–Trinajstić information content (AvgIpc) is 3.01. The van der Waals surface area contributed by atoms with Crippen LogP contribution >= 0.6 is 0 Å².